The normalized spacial score (nSPS) is 15.9. The largest absolute Gasteiger partial charge is 0.347 e. The number of hydrogen-bond acceptors (Lipinski definition) is 4. The number of nitrogens with zero attached hydrogens (tertiary/aromatic N) is 3. The SMILES string of the molecule is CC[S@@](=O)(=NS(=O)(=O)Cl)c1nccn1C. The lowest BCUT2D eigenvalue weighted by atomic mass is 10.9. The maximum atomic E-state index is 12.1. The van der Waals surface area contributed by atoms with Crippen molar-refractivity contribution in [1.82, 2.24) is 9.55 Å². The summed E-state index contributed by atoms with van der Waals surface area (Å²) in [5.41, 5.74) is 0. The number of halogens is 1. The van der Waals surface area contributed by atoms with E-state index in [-0.39, 0.29) is 10.9 Å². The Morgan fingerprint density at radius 1 is 1.53 bits per heavy atom. The monoisotopic (exact) mass is 271 g/mol. The molecule has 1 atom stereocenters. The summed E-state index contributed by atoms with van der Waals surface area (Å²) in [6.07, 6.45) is 2.97. The summed E-state index contributed by atoms with van der Waals surface area (Å²) >= 11 is 0. The Morgan fingerprint density at radius 2 is 2.13 bits per heavy atom. The van der Waals surface area contributed by atoms with Crippen molar-refractivity contribution in [3.63, 3.8) is 0 Å². The van der Waals surface area contributed by atoms with E-state index in [1.807, 2.05) is 0 Å². The minimum Gasteiger partial charge on any atom is -0.326 e. The molecule has 0 N–H and O–H groups in total. The smallest absolute Gasteiger partial charge is 0.326 e. The summed E-state index contributed by atoms with van der Waals surface area (Å²) in [4.78, 5) is 3.81. The first kappa shape index (κ1) is 12.5. The predicted molar refractivity (Wildman–Crippen MR) is 57.4 cm³/mol. The quantitative estimate of drug-likeness (QED) is 0.760. The minimum atomic E-state index is -4.17. The second kappa shape index (κ2) is 4.11. The molecule has 1 heterocycles. The fraction of sp³-hybridized carbons (Fsp3) is 0.500. The summed E-state index contributed by atoms with van der Waals surface area (Å²) in [7, 11) is -0.702. The summed E-state index contributed by atoms with van der Waals surface area (Å²) in [6.45, 7) is 1.56. The van der Waals surface area contributed by atoms with E-state index in [9.17, 15) is 12.6 Å². The van der Waals surface area contributed by atoms with Crippen LogP contribution in [-0.4, -0.2) is 27.9 Å². The van der Waals surface area contributed by atoms with Gasteiger partial charge in [0, 0.05) is 35.9 Å². The van der Waals surface area contributed by atoms with Gasteiger partial charge in [0.2, 0.25) is 5.16 Å². The third-order valence-corrected chi connectivity index (χ3v) is 5.59. The lowest BCUT2D eigenvalue weighted by Crippen LogP contribution is -2.11. The van der Waals surface area contributed by atoms with E-state index in [2.05, 4.69) is 8.75 Å². The van der Waals surface area contributed by atoms with Crippen molar-refractivity contribution in [3.8, 4) is 0 Å². The van der Waals surface area contributed by atoms with Gasteiger partial charge >= 0.3 is 9.24 Å². The van der Waals surface area contributed by atoms with E-state index < -0.39 is 19.0 Å². The first-order chi connectivity index (χ1) is 6.78. The second-order valence-electron chi connectivity index (χ2n) is 2.74. The van der Waals surface area contributed by atoms with Crippen molar-refractivity contribution in [2.75, 3.05) is 5.75 Å². The van der Waals surface area contributed by atoms with E-state index in [1.165, 1.54) is 10.8 Å². The average Bonchev–Trinajstić information content (AvgIpc) is 2.48. The number of rotatable bonds is 3. The van der Waals surface area contributed by atoms with Crippen LogP contribution in [0, 0.1) is 0 Å². The van der Waals surface area contributed by atoms with Gasteiger partial charge in [0.25, 0.3) is 0 Å². The molecule has 0 saturated heterocycles. The van der Waals surface area contributed by atoms with Gasteiger partial charge in [-0.25, -0.2) is 9.19 Å². The van der Waals surface area contributed by atoms with E-state index in [0.717, 1.165) is 0 Å². The Labute approximate surface area is 93.0 Å². The molecule has 0 radical (unpaired) electrons. The number of imidazole rings is 1. The standard InChI is InChI=1S/C6H10ClN3O3S2/c1-3-14(11,9-15(7,12)13)6-8-4-5-10(6)2/h4-5H,3H2,1-2H3/t14-/m0/s1. The Hall–Kier alpha value is -0.600. The molecule has 9 heteroatoms. The van der Waals surface area contributed by atoms with Crippen LogP contribution >= 0.6 is 10.7 Å². The van der Waals surface area contributed by atoms with Crippen LogP contribution in [0.25, 0.3) is 0 Å². The molecular weight excluding hydrogens is 262 g/mol. The van der Waals surface area contributed by atoms with Gasteiger partial charge in [-0.1, -0.05) is 10.7 Å². The van der Waals surface area contributed by atoms with E-state index in [0.29, 0.717) is 0 Å². The van der Waals surface area contributed by atoms with Crippen LogP contribution in [0.3, 0.4) is 0 Å². The highest BCUT2D eigenvalue weighted by molar-refractivity contribution is 8.17. The van der Waals surface area contributed by atoms with Crippen molar-refractivity contribution in [2.24, 2.45) is 10.8 Å². The first-order valence-corrected chi connectivity index (χ1v) is 7.91. The maximum absolute atomic E-state index is 12.1. The van der Waals surface area contributed by atoms with Crippen LogP contribution in [-0.2, 0) is 26.0 Å². The molecule has 15 heavy (non-hydrogen) atoms. The van der Waals surface area contributed by atoms with Crippen LogP contribution in [0.5, 0.6) is 0 Å². The van der Waals surface area contributed by atoms with Gasteiger partial charge in [-0.05, 0) is 0 Å². The number of aryl methyl sites for hydroxylation is 1. The third-order valence-electron chi connectivity index (χ3n) is 1.66. The molecule has 0 fully saturated rings. The minimum absolute atomic E-state index is 0.0316. The highest BCUT2D eigenvalue weighted by Crippen LogP contribution is 2.14. The summed E-state index contributed by atoms with van der Waals surface area (Å²) in [6, 6.07) is 0. The van der Waals surface area contributed by atoms with Crippen LogP contribution in [0.1, 0.15) is 6.92 Å². The molecule has 1 aromatic heterocycles. The molecule has 0 aliphatic carbocycles. The molecule has 0 aliphatic heterocycles. The van der Waals surface area contributed by atoms with Gasteiger partial charge in [-0.3, -0.25) is 0 Å². The topological polar surface area (TPSA) is 81.4 Å². The molecule has 0 amide bonds. The maximum Gasteiger partial charge on any atom is 0.347 e. The predicted octanol–water partition coefficient (Wildman–Crippen LogP) is 0.751. The van der Waals surface area contributed by atoms with Gasteiger partial charge in [0.05, 0.1) is 0 Å². The Kier molecular flexibility index (Phi) is 3.41. The van der Waals surface area contributed by atoms with Crippen molar-refractivity contribution in [2.45, 2.75) is 12.1 Å². The van der Waals surface area contributed by atoms with Gasteiger partial charge in [-0.15, -0.1) is 0 Å². The second-order valence-corrected chi connectivity index (χ2v) is 7.55. The van der Waals surface area contributed by atoms with Crippen LogP contribution in [0.15, 0.2) is 21.3 Å². The molecule has 0 spiro atoms. The molecule has 0 saturated carbocycles. The van der Waals surface area contributed by atoms with E-state index >= 15 is 0 Å². The summed E-state index contributed by atoms with van der Waals surface area (Å²) < 4.78 is 38.3. The zero-order valence-electron chi connectivity index (χ0n) is 8.12. The lowest BCUT2D eigenvalue weighted by Gasteiger charge is -2.05. The highest BCUT2D eigenvalue weighted by Gasteiger charge is 2.19. The highest BCUT2D eigenvalue weighted by atomic mass is 35.7. The van der Waals surface area contributed by atoms with E-state index in [1.54, 1.807) is 20.2 Å². The average molecular weight is 272 g/mol. The Bertz CT molecular complexity index is 568. The Balaban J connectivity index is 3.51. The van der Waals surface area contributed by atoms with Crippen LogP contribution in [0.4, 0.5) is 0 Å². The van der Waals surface area contributed by atoms with Gasteiger partial charge < -0.3 is 4.57 Å². The first-order valence-electron chi connectivity index (χ1n) is 3.96. The molecule has 86 valence electrons. The van der Waals surface area contributed by atoms with Gasteiger partial charge in [-0.2, -0.15) is 8.42 Å². The fourth-order valence-corrected chi connectivity index (χ4v) is 4.67. The summed E-state index contributed by atoms with van der Waals surface area (Å²) in [5.74, 6) is 0.0316. The summed E-state index contributed by atoms with van der Waals surface area (Å²) in [5, 5.41) is 0.106. The van der Waals surface area contributed by atoms with Crippen molar-refractivity contribution in [1.29, 1.82) is 0 Å². The van der Waals surface area contributed by atoms with E-state index in [4.69, 9.17) is 10.7 Å². The molecule has 0 aliphatic rings. The van der Waals surface area contributed by atoms with Gasteiger partial charge in [0.1, 0.15) is 9.73 Å². The molecular formula is C6H10ClN3O3S2. The molecule has 6 nitrogen and oxygen atoms in total. The molecule has 0 unspecified atom stereocenters. The van der Waals surface area contributed by atoms with Crippen LogP contribution < -0.4 is 0 Å². The van der Waals surface area contributed by atoms with Gasteiger partial charge in [0.15, 0.2) is 0 Å². The zero-order chi connectivity index (χ0) is 11.7. The molecule has 1 rings (SSSR count). The zero-order valence-corrected chi connectivity index (χ0v) is 10.5. The van der Waals surface area contributed by atoms with Crippen molar-refractivity contribution < 1.29 is 12.6 Å². The van der Waals surface area contributed by atoms with Crippen LogP contribution in [0.2, 0.25) is 0 Å². The third kappa shape index (κ3) is 2.93. The number of hydrogen-bond donors (Lipinski definition) is 0. The van der Waals surface area contributed by atoms with Crippen molar-refractivity contribution in [3.05, 3.63) is 12.4 Å². The molecule has 1 aromatic rings. The van der Waals surface area contributed by atoms with Crippen molar-refractivity contribution >= 4 is 29.6 Å². The lowest BCUT2D eigenvalue weighted by molar-refractivity contribution is 0.610. The fourth-order valence-electron chi connectivity index (χ4n) is 1.02. The number of aromatic nitrogens is 2. The Morgan fingerprint density at radius 3 is 2.47 bits per heavy atom. The molecule has 0 bridgehead atoms. The molecule has 0 aromatic carbocycles.